The lowest BCUT2D eigenvalue weighted by molar-refractivity contribution is -0.147. The van der Waals surface area contributed by atoms with Gasteiger partial charge in [-0.25, -0.2) is 14.2 Å². The first-order valence-electron chi connectivity index (χ1n) is 21.6. The van der Waals surface area contributed by atoms with Gasteiger partial charge in [0.1, 0.15) is 22.6 Å². The number of anilines is 1. The van der Waals surface area contributed by atoms with Gasteiger partial charge in [-0.2, -0.15) is 0 Å². The molecule has 4 amide bonds. The molecular weight excluding hydrogens is 790 g/mol. The molecule has 6 N–H and O–H groups in total. The summed E-state index contributed by atoms with van der Waals surface area (Å²) in [6.45, 7) is 14.5. The van der Waals surface area contributed by atoms with Crippen LogP contribution in [0.2, 0.25) is 0 Å². The van der Waals surface area contributed by atoms with Crippen LogP contribution in [-0.4, -0.2) is 101 Å². The van der Waals surface area contributed by atoms with Gasteiger partial charge in [-0.1, -0.05) is 72.8 Å². The number of carboxylic acids is 1. The largest absolute Gasteiger partial charge is 0.481 e. The maximum Gasteiger partial charge on any atom is 0.407 e. The molecule has 1 fully saturated rings. The van der Waals surface area contributed by atoms with Crippen molar-refractivity contribution in [3.05, 3.63) is 45.7 Å². The molecule has 3 rings (SSSR count). The summed E-state index contributed by atoms with van der Waals surface area (Å²) < 4.78 is 20.3. The summed E-state index contributed by atoms with van der Waals surface area (Å²) in [7, 11) is 3.39. The second kappa shape index (κ2) is 23.6. The van der Waals surface area contributed by atoms with E-state index in [9.17, 15) is 33.5 Å². The maximum atomic E-state index is 14.9. The normalized spacial score (nSPS) is 17.2. The average Bonchev–Trinajstić information content (AvgIpc) is 3.70. The van der Waals surface area contributed by atoms with Gasteiger partial charge in [0, 0.05) is 37.5 Å². The number of amides is 4. The minimum absolute atomic E-state index is 0.0257. The van der Waals surface area contributed by atoms with E-state index < -0.39 is 53.4 Å². The number of halogens is 1. The standard InChI is InChI=1S/C44H70FN7O7S/c1-10-12-13-15-21-52(41(55)37(28(5)11-2)50-39(54)34-17-14-16-20-51(34)9)35(27(3)4)24-36(59-43(58)47-8)40-49-33(26-60-40)38(53)48-30(25-44(6,7)42(56)57)22-29-18-19-32(46)31(45)23-29/h18-19,23,26-28,30,34-37H,10-17,20-22,24-25,46H2,1-9H3,(H,47,58)(H,48,53)(H,50,54)(H,56,57)/t28-,30-,34+,35+,36+,37-/m0/s1. The van der Waals surface area contributed by atoms with Crippen molar-refractivity contribution in [2.45, 2.75) is 149 Å². The fourth-order valence-electron chi connectivity index (χ4n) is 7.69. The number of thiazole rings is 1. The number of likely N-dealkylation sites (tertiary alicyclic amines) is 1. The fourth-order valence-corrected chi connectivity index (χ4v) is 8.53. The number of alkyl carbamates (subject to hydrolysis) is 1. The molecule has 1 aromatic heterocycles. The fraction of sp³-hybridized carbons (Fsp3) is 0.682. The number of carboxylic acid groups (broad SMARTS) is 1. The molecule has 0 radical (unpaired) electrons. The van der Waals surface area contributed by atoms with Crippen LogP contribution in [0.25, 0.3) is 0 Å². The molecule has 336 valence electrons. The van der Waals surface area contributed by atoms with Crippen LogP contribution >= 0.6 is 11.3 Å². The zero-order valence-electron chi connectivity index (χ0n) is 37.1. The molecule has 0 aliphatic carbocycles. The van der Waals surface area contributed by atoms with E-state index in [0.717, 1.165) is 62.8 Å². The van der Waals surface area contributed by atoms with Crippen LogP contribution in [0.5, 0.6) is 0 Å². The van der Waals surface area contributed by atoms with Gasteiger partial charge in [0.05, 0.1) is 17.1 Å². The van der Waals surface area contributed by atoms with Crippen molar-refractivity contribution in [2.24, 2.45) is 17.3 Å². The number of hydrogen-bond donors (Lipinski definition) is 5. The second-order valence-electron chi connectivity index (χ2n) is 17.3. The molecule has 1 aliphatic heterocycles. The molecule has 2 aromatic rings. The van der Waals surface area contributed by atoms with Gasteiger partial charge in [0.25, 0.3) is 5.91 Å². The maximum absolute atomic E-state index is 14.9. The molecule has 0 unspecified atom stereocenters. The van der Waals surface area contributed by atoms with Crippen molar-refractivity contribution in [3.63, 3.8) is 0 Å². The molecule has 0 saturated carbocycles. The summed E-state index contributed by atoms with van der Waals surface area (Å²) in [4.78, 5) is 76.0. The highest BCUT2D eigenvalue weighted by atomic mass is 32.1. The predicted molar refractivity (Wildman–Crippen MR) is 233 cm³/mol. The van der Waals surface area contributed by atoms with E-state index in [-0.39, 0.29) is 60.3 Å². The Hall–Kier alpha value is -4.31. The quantitative estimate of drug-likeness (QED) is 0.0577. The molecule has 14 nitrogen and oxygen atoms in total. The van der Waals surface area contributed by atoms with Crippen molar-refractivity contribution >= 4 is 46.8 Å². The smallest absolute Gasteiger partial charge is 0.407 e. The number of rotatable bonds is 23. The van der Waals surface area contributed by atoms with E-state index in [2.05, 4.69) is 32.8 Å². The Bertz CT molecular complexity index is 1740. The number of ether oxygens (including phenoxy) is 1. The zero-order chi connectivity index (χ0) is 44.7. The zero-order valence-corrected chi connectivity index (χ0v) is 38.0. The van der Waals surface area contributed by atoms with Gasteiger partial charge in [-0.3, -0.25) is 24.1 Å². The van der Waals surface area contributed by atoms with E-state index in [0.29, 0.717) is 23.5 Å². The van der Waals surface area contributed by atoms with Crippen molar-refractivity contribution in [1.29, 1.82) is 0 Å². The van der Waals surface area contributed by atoms with Gasteiger partial charge in [0.2, 0.25) is 11.8 Å². The van der Waals surface area contributed by atoms with Crippen LogP contribution in [-0.2, 0) is 25.5 Å². The predicted octanol–water partition coefficient (Wildman–Crippen LogP) is 6.94. The number of unbranched alkanes of at least 4 members (excludes halogenated alkanes) is 3. The SMILES string of the molecule is CCCCCCN(C(=O)[C@@H](NC(=O)[C@H]1CCCCN1C)[C@@H](C)CC)[C@H](C[C@@H](OC(=O)NC)c1nc(C(=O)N[C@@H](Cc2ccc(N)c(F)c2)CC(C)(C)C(=O)O)cs1)C(C)C. The Morgan fingerprint density at radius 3 is 2.42 bits per heavy atom. The van der Waals surface area contributed by atoms with E-state index in [1.807, 2.05) is 39.6 Å². The third-order valence-corrected chi connectivity index (χ3v) is 12.6. The number of nitrogen functional groups attached to an aromatic ring is 1. The first kappa shape index (κ1) is 50.0. The van der Waals surface area contributed by atoms with E-state index in [1.54, 1.807) is 25.3 Å². The summed E-state index contributed by atoms with van der Waals surface area (Å²) in [6.07, 6.45) is 5.74. The first-order chi connectivity index (χ1) is 28.3. The number of benzene rings is 1. The highest BCUT2D eigenvalue weighted by Crippen LogP contribution is 2.32. The van der Waals surface area contributed by atoms with Crippen LogP contribution in [0.15, 0.2) is 23.6 Å². The topological polar surface area (TPSA) is 196 Å². The third kappa shape index (κ3) is 14.4. The lowest BCUT2D eigenvalue weighted by Gasteiger charge is -2.40. The lowest BCUT2D eigenvalue weighted by Crippen LogP contribution is -2.59. The minimum Gasteiger partial charge on any atom is -0.481 e. The molecule has 1 aromatic carbocycles. The van der Waals surface area contributed by atoms with E-state index >= 15 is 0 Å². The number of likely N-dealkylation sites (N-methyl/N-ethyl adjacent to an activating group) is 1. The van der Waals surface area contributed by atoms with Crippen molar-refractivity contribution < 1.29 is 38.2 Å². The summed E-state index contributed by atoms with van der Waals surface area (Å²) in [5.41, 5.74) is 4.98. The van der Waals surface area contributed by atoms with Gasteiger partial charge in [-0.05, 0) is 89.1 Å². The Kier molecular flexibility index (Phi) is 19.7. The summed E-state index contributed by atoms with van der Waals surface area (Å²) >= 11 is 1.13. The number of aliphatic carboxylic acids is 1. The first-order valence-corrected chi connectivity index (χ1v) is 22.4. The van der Waals surface area contributed by atoms with Gasteiger partial charge < -0.3 is 36.4 Å². The van der Waals surface area contributed by atoms with E-state index in [4.69, 9.17) is 10.5 Å². The van der Waals surface area contributed by atoms with Crippen molar-refractivity contribution in [3.8, 4) is 0 Å². The number of carbonyl (C=O) groups is 5. The van der Waals surface area contributed by atoms with Crippen LogP contribution in [0.3, 0.4) is 0 Å². The monoisotopic (exact) mass is 860 g/mol. The third-order valence-electron chi connectivity index (χ3n) is 11.7. The molecule has 0 spiro atoms. The molecule has 16 heteroatoms. The molecule has 1 aliphatic rings. The number of nitrogens with two attached hydrogens (primary N) is 1. The Labute approximate surface area is 360 Å². The van der Waals surface area contributed by atoms with Crippen LogP contribution in [0.1, 0.15) is 140 Å². The van der Waals surface area contributed by atoms with Crippen molar-refractivity contribution in [2.75, 3.05) is 32.9 Å². The Morgan fingerprint density at radius 1 is 1.10 bits per heavy atom. The minimum atomic E-state index is -1.22. The van der Waals surface area contributed by atoms with E-state index in [1.165, 1.54) is 19.2 Å². The number of aromatic nitrogens is 1. The lowest BCUT2D eigenvalue weighted by atomic mass is 9.84. The molecular formula is C44H70FN7O7S. The second-order valence-corrected chi connectivity index (χ2v) is 18.2. The number of carbonyl (C=O) groups excluding carboxylic acids is 4. The number of nitrogens with zero attached hydrogens (tertiary/aromatic N) is 3. The average molecular weight is 860 g/mol. The molecule has 60 heavy (non-hydrogen) atoms. The molecule has 6 atom stereocenters. The molecule has 0 bridgehead atoms. The summed E-state index contributed by atoms with van der Waals surface area (Å²) in [5.74, 6) is -2.83. The van der Waals surface area contributed by atoms with Crippen LogP contribution < -0.4 is 21.7 Å². The van der Waals surface area contributed by atoms with Crippen molar-refractivity contribution in [1.82, 2.24) is 30.7 Å². The highest BCUT2D eigenvalue weighted by molar-refractivity contribution is 7.09. The van der Waals surface area contributed by atoms with Gasteiger partial charge in [0.15, 0.2) is 6.10 Å². The summed E-state index contributed by atoms with van der Waals surface area (Å²) in [6, 6.07) is 2.09. The van der Waals surface area contributed by atoms with Crippen LogP contribution in [0, 0.1) is 23.1 Å². The Balaban J connectivity index is 1.97. The number of nitrogens with one attached hydrogen (secondary N) is 3. The molecule has 2 heterocycles. The highest BCUT2D eigenvalue weighted by Gasteiger charge is 2.39. The summed E-state index contributed by atoms with van der Waals surface area (Å²) in [5, 5.41) is 20.3. The Morgan fingerprint density at radius 2 is 1.82 bits per heavy atom. The van der Waals surface area contributed by atoms with Crippen LogP contribution in [0.4, 0.5) is 14.9 Å². The molecule has 1 saturated heterocycles. The van der Waals surface area contributed by atoms with Gasteiger partial charge >= 0.3 is 12.1 Å². The van der Waals surface area contributed by atoms with Gasteiger partial charge in [-0.15, -0.1) is 11.3 Å². The number of hydrogen-bond acceptors (Lipinski definition) is 10. The number of piperidine rings is 1.